The highest BCUT2D eigenvalue weighted by Gasteiger charge is 2.12. The highest BCUT2D eigenvalue weighted by atomic mass is 17.2. The minimum absolute atomic E-state index is 0.208. The molecule has 1 rings (SSSR count). The molecule has 4 heteroatoms. The Labute approximate surface area is 88.4 Å². The molecule has 0 amide bonds. The maximum Gasteiger partial charge on any atom is 0.352 e. The van der Waals surface area contributed by atoms with E-state index in [2.05, 4.69) is 4.89 Å². The quantitative estimate of drug-likeness (QED) is 0.600. The Morgan fingerprint density at radius 1 is 1.27 bits per heavy atom. The van der Waals surface area contributed by atoms with Crippen LogP contribution < -0.4 is 4.89 Å². The van der Waals surface area contributed by atoms with E-state index in [1.165, 1.54) is 6.92 Å². The fraction of sp³-hybridized carbons (Fsp3) is 0.364. The van der Waals surface area contributed by atoms with Crippen molar-refractivity contribution >= 4 is 5.97 Å². The molecule has 0 saturated heterocycles. The number of carbonyl (C=O) groups is 1. The molecule has 0 aliphatic heterocycles. The number of rotatable bonds is 2. The summed E-state index contributed by atoms with van der Waals surface area (Å²) >= 11 is 0. The first-order valence-corrected chi connectivity index (χ1v) is 4.58. The van der Waals surface area contributed by atoms with Crippen molar-refractivity contribution in [3.05, 3.63) is 22.8 Å². The average molecular weight is 210 g/mol. The lowest BCUT2D eigenvalue weighted by atomic mass is 10.0. The van der Waals surface area contributed by atoms with E-state index >= 15 is 0 Å². The van der Waals surface area contributed by atoms with Gasteiger partial charge in [0.05, 0.1) is 0 Å². The van der Waals surface area contributed by atoms with Crippen molar-refractivity contribution in [2.24, 2.45) is 0 Å². The molecule has 0 aliphatic carbocycles. The number of aryl methyl sites for hydroxylation is 1. The number of aromatic hydroxyl groups is 1. The zero-order valence-corrected chi connectivity index (χ0v) is 9.25. The number of hydrogen-bond acceptors (Lipinski definition) is 4. The first-order chi connectivity index (χ1) is 6.93. The minimum atomic E-state index is -0.514. The third-order valence-electron chi connectivity index (χ3n) is 2.24. The molecule has 0 heterocycles. The van der Waals surface area contributed by atoms with Gasteiger partial charge in [-0.15, -0.1) is 0 Å². The molecule has 0 spiro atoms. The molecule has 0 unspecified atom stereocenters. The molecule has 1 N–H and O–H groups in total. The van der Waals surface area contributed by atoms with Crippen LogP contribution in [-0.2, 0) is 9.68 Å². The summed E-state index contributed by atoms with van der Waals surface area (Å²) in [6.45, 7) is 6.59. The van der Waals surface area contributed by atoms with E-state index in [9.17, 15) is 9.90 Å². The summed E-state index contributed by atoms with van der Waals surface area (Å²) in [5, 5.41) is 9.52. The van der Waals surface area contributed by atoms with Crippen molar-refractivity contribution < 1.29 is 19.7 Å². The van der Waals surface area contributed by atoms with Crippen LogP contribution in [0.4, 0.5) is 0 Å². The predicted octanol–water partition coefficient (Wildman–Crippen LogP) is 2.17. The van der Waals surface area contributed by atoms with Crippen LogP contribution in [0.25, 0.3) is 0 Å². The first kappa shape index (κ1) is 11.4. The van der Waals surface area contributed by atoms with Crippen LogP contribution in [0.15, 0.2) is 6.07 Å². The van der Waals surface area contributed by atoms with Gasteiger partial charge in [0.1, 0.15) is 5.75 Å². The molecule has 1 aromatic carbocycles. The summed E-state index contributed by atoms with van der Waals surface area (Å²) in [6, 6.07) is 1.57. The molecule has 1 aromatic rings. The van der Waals surface area contributed by atoms with Crippen molar-refractivity contribution in [2.75, 3.05) is 0 Å². The lowest BCUT2D eigenvalue weighted by Gasteiger charge is -2.12. The minimum Gasteiger partial charge on any atom is -0.508 e. The second-order valence-electron chi connectivity index (χ2n) is 3.45. The molecule has 0 bridgehead atoms. The average Bonchev–Trinajstić information content (AvgIpc) is 2.14. The topological polar surface area (TPSA) is 55.8 Å². The summed E-state index contributed by atoms with van der Waals surface area (Å²) < 4.78 is 0. The molecule has 0 fully saturated rings. The van der Waals surface area contributed by atoms with Crippen LogP contribution in [0.1, 0.15) is 23.6 Å². The Bertz CT molecular complexity index is 396. The molecule has 0 aliphatic rings. The van der Waals surface area contributed by atoms with Crippen molar-refractivity contribution in [3.8, 4) is 11.5 Å². The summed E-state index contributed by atoms with van der Waals surface area (Å²) in [5.74, 6) is 0.167. The summed E-state index contributed by atoms with van der Waals surface area (Å²) in [7, 11) is 0. The summed E-state index contributed by atoms with van der Waals surface area (Å²) in [5.41, 5.74) is 2.19. The van der Waals surface area contributed by atoms with Crippen molar-refractivity contribution in [3.63, 3.8) is 0 Å². The SMILES string of the molecule is CC(=O)OOc1c(C)cc(O)c(C)c1C. The largest absolute Gasteiger partial charge is 0.508 e. The zero-order valence-electron chi connectivity index (χ0n) is 9.25. The van der Waals surface area contributed by atoms with Gasteiger partial charge in [0.25, 0.3) is 0 Å². The molecule has 0 saturated carbocycles. The molecular formula is C11H14O4. The maximum absolute atomic E-state index is 10.6. The van der Waals surface area contributed by atoms with E-state index in [0.29, 0.717) is 11.3 Å². The van der Waals surface area contributed by atoms with Gasteiger partial charge in [-0.3, -0.25) is 9.78 Å². The van der Waals surface area contributed by atoms with Crippen LogP contribution in [0.5, 0.6) is 11.5 Å². The van der Waals surface area contributed by atoms with E-state index < -0.39 is 5.97 Å². The van der Waals surface area contributed by atoms with Crippen LogP contribution >= 0.6 is 0 Å². The molecule has 0 aromatic heterocycles. The van der Waals surface area contributed by atoms with E-state index in [1.54, 1.807) is 26.8 Å². The Kier molecular flexibility index (Phi) is 3.19. The Balaban J connectivity index is 3.07. The maximum atomic E-state index is 10.6. The Morgan fingerprint density at radius 2 is 1.87 bits per heavy atom. The van der Waals surface area contributed by atoms with Gasteiger partial charge in [0.2, 0.25) is 0 Å². The lowest BCUT2D eigenvalue weighted by Crippen LogP contribution is -2.05. The Hall–Kier alpha value is -1.71. The monoisotopic (exact) mass is 210 g/mol. The van der Waals surface area contributed by atoms with Gasteiger partial charge in [0.15, 0.2) is 5.75 Å². The number of benzene rings is 1. The van der Waals surface area contributed by atoms with E-state index in [0.717, 1.165) is 11.1 Å². The molecular weight excluding hydrogens is 196 g/mol. The zero-order chi connectivity index (χ0) is 11.6. The second kappa shape index (κ2) is 4.21. The van der Waals surface area contributed by atoms with Crippen molar-refractivity contribution in [2.45, 2.75) is 27.7 Å². The smallest absolute Gasteiger partial charge is 0.352 e. The molecule has 0 radical (unpaired) electrons. The number of carbonyl (C=O) groups excluding carboxylic acids is 1. The van der Waals surface area contributed by atoms with Gasteiger partial charge in [-0.05, 0) is 32.4 Å². The number of phenolic OH excluding ortho intramolecular Hbond substituents is 1. The van der Waals surface area contributed by atoms with Crippen LogP contribution in [0, 0.1) is 20.8 Å². The van der Waals surface area contributed by atoms with E-state index in [4.69, 9.17) is 4.89 Å². The van der Waals surface area contributed by atoms with E-state index in [-0.39, 0.29) is 5.75 Å². The normalized spacial score (nSPS) is 9.87. The van der Waals surface area contributed by atoms with Crippen LogP contribution in [0.3, 0.4) is 0 Å². The van der Waals surface area contributed by atoms with Crippen molar-refractivity contribution in [1.29, 1.82) is 0 Å². The first-order valence-electron chi connectivity index (χ1n) is 4.58. The van der Waals surface area contributed by atoms with Crippen LogP contribution in [-0.4, -0.2) is 11.1 Å². The molecule has 4 nitrogen and oxygen atoms in total. The van der Waals surface area contributed by atoms with E-state index in [1.807, 2.05) is 0 Å². The summed E-state index contributed by atoms with van der Waals surface area (Å²) in [6.07, 6.45) is 0. The summed E-state index contributed by atoms with van der Waals surface area (Å²) in [4.78, 5) is 20.0. The molecule has 0 atom stereocenters. The third-order valence-corrected chi connectivity index (χ3v) is 2.24. The molecule has 15 heavy (non-hydrogen) atoms. The third kappa shape index (κ3) is 2.40. The van der Waals surface area contributed by atoms with Gasteiger partial charge in [0, 0.05) is 18.1 Å². The lowest BCUT2D eigenvalue weighted by molar-refractivity contribution is -0.211. The highest BCUT2D eigenvalue weighted by Crippen LogP contribution is 2.32. The second-order valence-corrected chi connectivity index (χ2v) is 3.45. The van der Waals surface area contributed by atoms with Gasteiger partial charge < -0.3 is 5.11 Å². The Morgan fingerprint density at radius 3 is 2.40 bits per heavy atom. The van der Waals surface area contributed by atoms with Gasteiger partial charge in [-0.25, -0.2) is 4.79 Å². The number of phenols is 1. The fourth-order valence-corrected chi connectivity index (χ4v) is 1.27. The number of hydrogen-bond donors (Lipinski definition) is 1. The fourth-order valence-electron chi connectivity index (χ4n) is 1.27. The van der Waals surface area contributed by atoms with Gasteiger partial charge >= 0.3 is 5.97 Å². The van der Waals surface area contributed by atoms with Crippen molar-refractivity contribution in [1.82, 2.24) is 0 Å². The standard InChI is InChI=1S/C11H14O4/c1-6-5-10(13)7(2)8(3)11(6)15-14-9(4)12/h5,13H,1-4H3. The van der Waals surface area contributed by atoms with Gasteiger partial charge in [-0.1, -0.05) is 0 Å². The highest BCUT2D eigenvalue weighted by molar-refractivity contribution is 5.65. The van der Waals surface area contributed by atoms with Crippen LogP contribution in [0.2, 0.25) is 0 Å². The molecule has 82 valence electrons. The predicted molar refractivity (Wildman–Crippen MR) is 54.7 cm³/mol. The van der Waals surface area contributed by atoms with Gasteiger partial charge in [-0.2, -0.15) is 0 Å².